The maximum Gasteiger partial charge on any atom is 0.311 e. The second-order valence-electron chi connectivity index (χ2n) is 10.3. The number of fused-ring (bicyclic) bond motifs is 1. The molecule has 4 N–H and O–H groups in total. The van der Waals surface area contributed by atoms with Gasteiger partial charge in [-0.25, -0.2) is 0 Å². The van der Waals surface area contributed by atoms with Crippen LogP contribution < -0.4 is 11.1 Å². The molecule has 0 radical (unpaired) electrons. The average molecular weight is 606 g/mol. The molecule has 0 bridgehead atoms. The van der Waals surface area contributed by atoms with Gasteiger partial charge >= 0.3 is 5.97 Å². The number of amidine groups is 1. The Hall–Kier alpha value is -4.58. The number of benzene rings is 2. The summed E-state index contributed by atoms with van der Waals surface area (Å²) in [6, 6.07) is 11.2. The molecule has 2 amide bonds. The van der Waals surface area contributed by atoms with E-state index in [9.17, 15) is 24.5 Å². The van der Waals surface area contributed by atoms with Crippen molar-refractivity contribution in [1.82, 2.24) is 10.2 Å². The van der Waals surface area contributed by atoms with Crippen LogP contribution in [0.4, 0.5) is 5.69 Å². The van der Waals surface area contributed by atoms with Crippen molar-refractivity contribution in [3.8, 4) is 0 Å². The van der Waals surface area contributed by atoms with Crippen molar-refractivity contribution in [2.24, 2.45) is 5.73 Å². The minimum Gasteiger partial charge on any atom is -0.466 e. The summed E-state index contributed by atoms with van der Waals surface area (Å²) >= 11 is 1.61. The quantitative estimate of drug-likeness (QED) is 0.0924. The van der Waals surface area contributed by atoms with Crippen molar-refractivity contribution >= 4 is 40.6 Å². The SMILES string of the molecule is CCCc1c(CC(=O)OCC)sc2c1CN(C(=O)[C@H](Cc1ccc([N+](=O)[O-])cc1)NC(=O)c1ccc(C(=N)N)cc1)CC2. The first-order valence-electron chi connectivity index (χ1n) is 14.2. The van der Waals surface area contributed by atoms with Gasteiger partial charge in [0.1, 0.15) is 11.9 Å². The number of nitrogens with one attached hydrogen (secondary N) is 2. The number of esters is 1. The number of carbonyl (C=O) groups is 3. The van der Waals surface area contributed by atoms with Crippen LogP contribution in [-0.2, 0) is 46.6 Å². The summed E-state index contributed by atoms with van der Waals surface area (Å²) < 4.78 is 5.18. The number of thiophene rings is 1. The number of ether oxygens (including phenoxy) is 1. The first-order valence-corrected chi connectivity index (χ1v) is 15.0. The van der Waals surface area contributed by atoms with Gasteiger partial charge in [0.25, 0.3) is 11.6 Å². The molecule has 3 aromatic rings. The van der Waals surface area contributed by atoms with E-state index in [1.807, 2.05) is 0 Å². The largest absolute Gasteiger partial charge is 0.466 e. The third-order valence-electron chi connectivity index (χ3n) is 7.31. The Bertz CT molecular complexity index is 1520. The second kappa shape index (κ2) is 14.1. The Labute approximate surface area is 253 Å². The Morgan fingerprint density at radius 3 is 2.40 bits per heavy atom. The molecule has 226 valence electrons. The third-order valence-corrected chi connectivity index (χ3v) is 8.65. The number of hydrogen-bond donors (Lipinski definition) is 3. The molecule has 0 spiro atoms. The van der Waals surface area contributed by atoms with E-state index in [0.29, 0.717) is 42.8 Å². The van der Waals surface area contributed by atoms with Gasteiger partial charge in [0.2, 0.25) is 5.91 Å². The van der Waals surface area contributed by atoms with Crippen molar-refractivity contribution in [2.45, 2.75) is 58.5 Å². The van der Waals surface area contributed by atoms with E-state index in [1.165, 1.54) is 12.1 Å². The topological polar surface area (TPSA) is 169 Å². The Morgan fingerprint density at radius 2 is 1.79 bits per heavy atom. The van der Waals surface area contributed by atoms with Gasteiger partial charge < -0.3 is 20.7 Å². The number of amides is 2. The van der Waals surface area contributed by atoms with Crippen LogP contribution in [0.15, 0.2) is 48.5 Å². The maximum atomic E-state index is 14.0. The van der Waals surface area contributed by atoms with E-state index in [2.05, 4.69) is 12.2 Å². The molecular weight excluding hydrogens is 570 g/mol. The van der Waals surface area contributed by atoms with E-state index in [0.717, 1.165) is 33.7 Å². The molecule has 2 aromatic carbocycles. The highest BCUT2D eigenvalue weighted by molar-refractivity contribution is 7.12. The smallest absolute Gasteiger partial charge is 0.311 e. The zero-order valence-electron chi connectivity index (χ0n) is 24.2. The van der Waals surface area contributed by atoms with Crippen LogP contribution in [0.3, 0.4) is 0 Å². The molecule has 0 aliphatic carbocycles. The van der Waals surface area contributed by atoms with Crippen LogP contribution >= 0.6 is 11.3 Å². The number of nitrogen functional groups attached to an aromatic ring is 1. The molecule has 1 aliphatic rings. The molecule has 43 heavy (non-hydrogen) atoms. The van der Waals surface area contributed by atoms with Crippen LogP contribution in [0.25, 0.3) is 0 Å². The Morgan fingerprint density at radius 1 is 1.12 bits per heavy atom. The molecule has 1 aliphatic heterocycles. The predicted molar refractivity (Wildman–Crippen MR) is 163 cm³/mol. The summed E-state index contributed by atoms with van der Waals surface area (Å²) in [5.41, 5.74) is 9.05. The lowest BCUT2D eigenvalue weighted by Crippen LogP contribution is -2.50. The Balaban J connectivity index is 1.59. The van der Waals surface area contributed by atoms with Gasteiger partial charge in [-0.2, -0.15) is 0 Å². The first-order chi connectivity index (χ1) is 20.6. The van der Waals surface area contributed by atoms with E-state index in [4.69, 9.17) is 15.9 Å². The molecule has 0 unspecified atom stereocenters. The lowest BCUT2D eigenvalue weighted by atomic mass is 9.97. The highest BCUT2D eigenvalue weighted by atomic mass is 32.1. The molecule has 11 nitrogen and oxygen atoms in total. The van der Waals surface area contributed by atoms with Gasteiger partial charge in [-0.1, -0.05) is 37.6 Å². The van der Waals surface area contributed by atoms with E-state index >= 15 is 0 Å². The van der Waals surface area contributed by atoms with Gasteiger partial charge in [0.15, 0.2) is 0 Å². The van der Waals surface area contributed by atoms with Crippen LogP contribution in [0.2, 0.25) is 0 Å². The van der Waals surface area contributed by atoms with Gasteiger partial charge in [-0.3, -0.25) is 29.9 Å². The number of nitro benzene ring substituents is 1. The highest BCUT2D eigenvalue weighted by Gasteiger charge is 2.32. The number of non-ortho nitro benzene ring substituents is 1. The summed E-state index contributed by atoms with van der Waals surface area (Å²) in [4.78, 5) is 54.1. The van der Waals surface area contributed by atoms with Crippen LogP contribution in [0.1, 0.15) is 62.6 Å². The van der Waals surface area contributed by atoms with Crippen molar-refractivity contribution in [3.63, 3.8) is 0 Å². The first kappa shape index (κ1) is 31.4. The number of hydrogen-bond acceptors (Lipinski definition) is 8. The molecule has 0 fully saturated rings. The fraction of sp³-hybridized carbons (Fsp3) is 0.355. The van der Waals surface area contributed by atoms with Crippen molar-refractivity contribution in [3.05, 3.63) is 96.2 Å². The molecule has 1 atom stereocenters. The monoisotopic (exact) mass is 605 g/mol. The van der Waals surface area contributed by atoms with Crippen molar-refractivity contribution in [1.29, 1.82) is 5.41 Å². The minimum atomic E-state index is -0.935. The summed E-state index contributed by atoms with van der Waals surface area (Å²) in [7, 11) is 0. The van der Waals surface area contributed by atoms with Gasteiger partial charge in [0.05, 0.1) is 18.0 Å². The number of nitro groups is 1. The summed E-state index contributed by atoms with van der Waals surface area (Å²) in [6.45, 7) is 4.99. The molecule has 2 heterocycles. The molecule has 1 aromatic heterocycles. The lowest BCUT2D eigenvalue weighted by molar-refractivity contribution is -0.384. The van der Waals surface area contributed by atoms with Crippen LogP contribution in [0, 0.1) is 15.5 Å². The highest BCUT2D eigenvalue weighted by Crippen LogP contribution is 2.35. The Kier molecular flexibility index (Phi) is 10.3. The third kappa shape index (κ3) is 7.63. The average Bonchev–Trinajstić information content (AvgIpc) is 3.32. The molecule has 4 rings (SSSR count). The van der Waals surface area contributed by atoms with E-state index < -0.39 is 16.9 Å². The standard InChI is InChI=1S/C31H35N5O6S/c1-3-5-23-24-18-35(15-14-26(24)43-27(23)17-28(37)42-4-2)31(39)25(16-19-6-12-22(13-7-19)36(40)41)34-30(38)21-10-8-20(9-11-21)29(32)33/h6-13,25H,3-5,14-18H2,1-2H3,(H3,32,33)(H,34,38)/t25-/m0/s1. The van der Waals surface area contributed by atoms with Gasteiger partial charge in [-0.15, -0.1) is 11.3 Å². The number of rotatable bonds is 12. The van der Waals surface area contributed by atoms with Crippen molar-refractivity contribution in [2.75, 3.05) is 13.2 Å². The predicted octanol–water partition coefficient (Wildman–Crippen LogP) is 3.92. The normalized spacial score (nSPS) is 13.1. The molecule has 0 saturated carbocycles. The fourth-order valence-electron chi connectivity index (χ4n) is 5.17. The summed E-state index contributed by atoms with van der Waals surface area (Å²) in [5.74, 6) is -1.12. The summed E-state index contributed by atoms with van der Waals surface area (Å²) in [6.07, 6.45) is 2.64. The van der Waals surface area contributed by atoms with Gasteiger partial charge in [-0.05, 0) is 48.6 Å². The summed E-state index contributed by atoms with van der Waals surface area (Å²) in [5, 5.41) is 21.6. The lowest BCUT2D eigenvalue weighted by Gasteiger charge is -2.31. The molecule has 0 saturated heterocycles. The zero-order valence-corrected chi connectivity index (χ0v) is 25.0. The molecular formula is C31H35N5O6S. The minimum absolute atomic E-state index is 0.0654. The maximum absolute atomic E-state index is 14.0. The molecule has 12 heteroatoms. The van der Waals surface area contributed by atoms with Crippen LogP contribution in [-0.4, -0.2) is 52.6 Å². The number of nitrogens with zero attached hydrogens (tertiary/aromatic N) is 2. The number of carbonyl (C=O) groups excluding carboxylic acids is 3. The number of nitrogens with two attached hydrogens (primary N) is 1. The van der Waals surface area contributed by atoms with E-state index in [-0.39, 0.29) is 36.2 Å². The zero-order chi connectivity index (χ0) is 31.1. The second-order valence-corrected chi connectivity index (χ2v) is 11.5. The van der Waals surface area contributed by atoms with Crippen LogP contribution in [0.5, 0.6) is 0 Å². The fourth-order valence-corrected chi connectivity index (χ4v) is 6.51. The van der Waals surface area contributed by atoms with E-state index in [1.54, 1.807) is 59.6 Å². The van der Waals surface area contributed by atoms with Crippen molar-refractivity contribution < 1.29 is 24.0 Å². The van der Waals surface area contributed by atoms with Gasteiger partial charge in [0, 0.05) is 52.5 Å².